The minimum atomic E-state index is 0.554. The van der Waals surface area contributed by atoms with Crippen LogP contribution in [0.3, 0.4) is 0 Å². The van der Waals surface area contributed by atoms with Crippen LogP contribution >= 0.6 is 39.7 Å². The Labute approximate surface area is 140 Å². The number of hydrogen-bond acceptors (Lipinski definition) is 2. The highest BCUT2D eigenvalue weighted by atomic mass is 79.9. The molecule has 0 saturated heterocycles. The van der Waals surface area contributed by atoms with Gasteiger partial charge in [0.05, 0.1) is 24.7 Å². The van der Waals surface area contributed by atoms with Gasteiger partial charge in [-0.25, -0.2) is 0 Å². The molecule has 1 heterocycles. The zero-order chi connectivity index (χ0) is 15.0. The Kier molecular flexibility index (Phi) is 4.06. The summed E-state index contributed by atoms with van der Waals surface area (Å²) in [4.78, 5) is 3.20. The van der Waals surface area contributed by atoms with Crippen LogP contribution in [0.25, 0.3) is 11.0 Å². The molecule has 3 aromatic rings. The quantitative estimate of drug-likeness (QED) is 0.632. The van der Waals surface area contributed by atoms with Gasteiger partial charge >= 0.3 is 0 Å². The Morgan fingerprint density at radius 2 is 2.14 bits per heavy atom. The molecule has 0 spiro atoms. The average molecular weight is 384 g/mol. The molecule has 0 saturated carbocycles. The van der Waals surface area contributed by atoms with Gasteiger partial charge in [0.1, 0.15) is 5.75 Å². The summed E-state index contributed by atoms with van der Waals surface area (Å²) in [6.45, 7) is 0.554. The number of H-pyrrole nitrogens is 1. The number of nitrogens with zero attached hydrogens (tertiary/aromatic N) is 1. The van der Waals surface area contributed by atoms with Gasteiger partial charge in [-0.3, -0.25) is 0 Å². The summed E-state index contributed by atoms with van der Waals surface area (Å²) in [5.74, 6) is 0.758. The third kappa shape index (κ3) is 2.73. The van der Waals surface area contributed by atoms with E-state index < -0.39 is 0 Å². The Hall–Kier alpha value is -1.30. The number of imidazole rings is 1. The maximum Gasteiger partial charge on any atom is 0.178 e. The molecular weight excluding hydrogens is 372 g/mol. The van der Waals surface area contributed by atoms with Gasteiger partial charge in [0, 0.05) is 15.1 Å². The predicted octanol–water partition coefficient (Wildman–Crippen LogP) is 5.17. The summed E-state index contributed by atoms with van der Waals surface area (Å²) in [7, 11) is 1.64. The van der Waals surface area contributed by atoms with Crippen LogP contribution in [0, 0.1) is 4.77 Å². The van der Waals surface area contributed by atoms with E-state index in [-0.39, 0.29) is 0 Å². The number of methoxy groups -OCH3 is 1. The Balaban J connectivity index is 2.17. The lowest BCUT2D eigenvalue weighted by atomic mass is 10.2. The van der Waals surface area contributed by atoms with E-state index in [1.165, 1.54) is 0 Å². The van der Waals surface area contributed by atoms with Crippen LogP contribution in [0.1, 0.15) is 5.56 Å². The Morgan fingerprint density at radius 3 is 2.90 bits per heavy atom. The first-order valence-corrected chi connectivity index (χ1v) is 7.87. The van der Waals surface area contributed by atoms with Crippen molar-refractivity contribution in [1.82, 2.24) is 9.55 Å². The number of ether oxygens (including phenoxy) is 1. The van der Waals surface area contributed by atoms with Gasteiger partial charge in [0.2, 0.25) is 0 Å². The van der Waals surface area contributed by atoms with Crippen molar-refractivity contribution < 1.29 is 4.74 Å². The molecule has 0 bridgehead atoms. The van der Waals surface area contributed by atoms with Crippen molar-refractivity contribution in [3.63, 3.8) is 0 Å². The Bertz CT molecular complexity index is 872. The van der Waals surface area contributed by atoms with E-state index in [9.17, 15) is 0 Å². The summed E-state index contributed by atoms with van der Waals surface area (Å²) in [6, 6.07) is 11.6. The second-order valence-electron chi connectivity index (χ2n) is 4.60. The van der Waals surface area contributed by atoms with E-state index in [1.807, 2.05) is 41.0 Å². The van der Waals surface area contributed by atoms with Crippen LogP contribution in [-0.2, 0) is 6.54 Å². The zero-order valence-corrected chi connectivity index (χ0v) is 14.3. The van der Waals surface area contributed by atoms with E-state index in [1.54, 1.807) is 7.11 Å². The van der Waals surface area contributed by atoms with Crippen molar-refractivity contribution in [2.24, 2.45) is 0 Å². The van der Waals surface area contributed by atoms with E-state index in [2.05, 4.69) is 20.9 Å². The van der Waals surface area contributed by atoms with Crippen LogP contribution in [0.2, 0.25) is 5.02 Å². The maximum atomic E-state index is 6.31. The van der Waals surface area contributed by atoms with Crippen LogP contribution in [0.5, 0.6) is 5.75 Å². The highest BCUT2D eigenvalue weighted by Crippen LogP contribution is 2.29. The number of rotatable bonds is 3. The van der Waals surface area contributed by atoms with Crippen LogP contribution in [0.15, 0.2) is 40.9 Å². The highest BCUT2D eigenvalue weighted by Gasteiger charge is 2.12. The first kappa shape index (κ1) is 14.6. The topological polar surface area (TPSA) is 29.9 Å². The van der Waals surface area contributed by atoms with Gasteiger partial charge < -0.3 is 14.3 Å². The first-order chi connectivity index (χ1) is 10.1. The van der Waals surface area contributed by atoms with Gasteiger partial charge in [0.15, 0.2) is 4.77 Å². The molecule has 0 aliphatic rings. The predicted molar refractivity (Wildman–Crippen MR) is 91.9 cm³/mol. The van der Waals surface area contributed by atoms with Crippen molar-refractivity contribution in [3.05, 3.63) is 56.2 Å². The molecule has 3 nitrogen and oxygen atoms in total. The number of halogens is 2. The van der Waals surface area contributed by atoms with E-state index >= 15 is 0 Å². The van der Waals surface area contributed by atoms with Gasteiger partial charge in [-0.2, -0.15) is 0 Å². The monoisotopic (exact) mass is 382 g/mol. The molecule has 21 heavy (non-hydrogen) atoms. The van der Waals surface area contributed by atoms with Crippen molar-refractivity contribution in [2.75, 3.05) is 7.11 Å². The summed E-state index contributed by atoms with van der Waals surface area (Å²) in [6.07, 6.45) is 0. The average Bonchev–Trinajstić information content (AvgIpc) is 2.77. The number of fused-ring (bicyclic) bond motifs is 1. The molecule has 6 heteroatoms. The fourth-order valence-corrected chi connectivity index (χ4v) is 3.17. The molecular formula is C15H12BrClN2OS. The van der Waals surface area contributed by atoms with Crippen molar-refractivity contribution >= 4 is 50.8 Å². The van der Waals surface area contributed by atoms with E-state index in [0.717, 1.165) is 26.8 Å². The van der Waals surface area contributed by atoms with Crippen molar-refractivity contribution in [3.8, 4) is 5.75 Å². The third-order valence-corrected chi connectivity index (χ3v) is 4.52. The second-order valence-corrected chi connectivity index (χ2v) is 6.31. The number of aromatic amines is 1. The third-order valence-electron chi connectivity index (χ3n) is 3.35. The number of benzene rings is 2. The Morgan fingerprint density at radius 1 is 1.33 bits per heavy atom. The van der Waals surface area contributed by atoms with Crippen molar-refractivity contribution in [1.29, 1.82) is 0 Å². The normalized spacial score (nSPS) is 11.0. The molecule has 0 aliphatic carbocycles. The summed E-state index contributed by atoms with van der Waals surface area (Å²) >= 11 is 15.2. The van der Waals surface area contributed by atoms with Gasteiger partial charge in [0.25, 0.3) is 0 Å². The molecule has 2 aromatic carbocycles. The molecule has 1 N–H and O–H groups in total. The fraction of sp³-hybridized carbons (Fsp3) is 0.133. The number of aromatic nitrogens is 2. The maximum absolute atomic E-state index is 6.31. The molecule has 1 aromatic heterocycles. The lowest BCUT2D eigenvalue weighted by Gasteiger charge is -2.11. The van der Waals surface area contributed by atoms with Gasteiger partial charge in [-0.15, -0.1) is 0 Å². The molecule has 0 unspecified atom stereocenters. The van der Waals surface area contributed by atoms with Gasteiger partial charge in [-0.05, 0) is 42.5 Å². The van der Waals surface area contributed by atoms with Crippen LogP contribution < -0.4 is 4.74 Å². The summed E-state index contributed by atoms with van der Waals surface area (Å²) in [5, 5.41) is 0.667. The number of nitrogens with one attached hydrogen (secondary N) is 1. The number of hydrogen-bond donors (Lipinski definition) is 1. The molecule has 0 fully saturated rings. The largest absolute Gasteiger partial charge is 0.496 e. The fourth-order valence-electron chi connectivity index (χ4n) is 2.32. The molecule has 0 atom stereocenters. The minimum Gasteiger partial charge on any atom is -0.496 e. The minimum absolute atomic E-state index is 0.554. The molecule has 0 amide bonds. The van der Waals surface area contributed by atoms with Crippen LogP contribution in [-0.4, -0.2) is 16.7 Å². The summed E-state index contributed by atoms with van der Waals surface area (Å²) in [5.41, 5.74) is 2.93. The van der Waals surface area contributed by atoms with Crippen molar-refractivity contribution in [2.45, 2.75) is 6.54 Å². The highest BCUT2D eigenvalue weighted by molar-refractivity contribution is 9.10. The molecule has 3 rings (SSSR count). The zero-order valence-electron chi connectivity index (χ0n) is 11.2. The second kappa shape index (κ2) is 5.83. The summed E-state index contributed by atoms with van der Waals surface area (Å²) < 4.78 is 9.07. The first-order valence-electron chi connectivity index (χ1n) is 6.29. The smallest absolute Gasteiger partial charge is 0.178 e. The lowest BCUT2D eigenvalue weighted by molar-refractivity contribution is 0.408. The van der Waals surface area contributed by atoms with Gasteiger partial charge in [-0.1, -0.05) is 33.6 Å². The lowest BCUT2D eigenvalue weighted by Crippen LogP contribution is -2.02. The standard InChI is InChI=1S/C15H12BrClN2OS/c1-20-14-4-2-3-11(17)10(14)8-19-13-7-9(16)5-6-12(13)18-15(19)21/h2-7H,8H2,1H3,(H,18,21). The molecule has 108 valence electrons. The van der Waals surface area contributed by atoms with Crippen LogP contribution in [0.4, 0.5) is 0 Å². The molecule has 0 aliphatic heterocycles. The molecule has 0 radical (unpaired) electrons. The van der Waals surface area contributed by atoms with E-state index in [4.69, 9.17) is 28.6 Å². The SMILES string of the molecule is COc1cccc(Cl)c1Cn1c(=S)[nH]c2ccc(Br)cc21. The van der Waals surface area contributed by atoms with E-state index in [0.29, 0.717) is 16.3 Å².